The monoisotopic (exact) mass is 462 g/mol. The number of ether oxygens (including phenoxy) is 1. The van der Waals surface area contributed by atoms with Crippen LogP contribution < -0.4 is 10.2 Å². The first-order valence-corrected chi connectivity index (χ1v) is 12.7. The number of hydrogen-bond acceptors (Lipinski definition) is 5. The van der Waals surface area contributed by atoms with E-state index in [0.717, 1.165) is 61.2 Å². The Morgan fingerprint density at radius 3 is 2.58 bits per heavy atom. The van der Waals surface area contributed by atoms with Crippen LogP contribution in [0.15, 0.2) is 66.0 Å². The van der Waals surface area contributed by atoms with Crippen LogP contribution in [0.1, 0.15) is 25.7 Å². The van der Waals surface area contributed by atoms with E-state index in [4.69, 9.17) is 4.74 Å². The summed E-state index contributed by atoms with van der Waals surface area (Å²) in [4.78, 5) is 19.7. The predicted molar refractivity (Wildman–Crippen MR) is 134 cm³/mol. The molecule has 2 fully saturated rings. The zero-order valence-corrected chi connectivity index (χ0v) is 19.6. The van der Waals surface area contributed by atoms with Crippen LogP contribution >= 0.6 is 11.8 Å². The number of carbonyl (C=O) groups is 1. The molecule has 6 nitrogen and oxygen atoms in total. The van der Waals surface area contributed by atoms with Gasteiger partial charge in [-0.2, -0.15) is 0 Å². The Balaban J connectivity index is 1.24. The molecule has 1 atom stereocenters. The molecule has 5 rings (SSSR count). The van der Waals surface area contributed by atoms with Crippen molar-refractivity contribution in [3.05, 3.63) is 60.8 Å². The maximum absolute atomic E-state index is 12.7. The minimum atomic E-state index is -0.0261. The summed E-state index contributed by atoms with van der Waals surface area (Å²) in [6, 6.07) is 18.4. The van der Waals surface area contributed by atoms with Crippen molar-refractivity contribution in [1.29, 1.82) is 0 Å². The quantitative estimate of drug-likeness (QED) is 0.474. The Kier molecular flexibility index (Phi) is 6.98. The highest BCUT2D eigenvalue weighted by molar-refractivity contribution is 7.99. The van der Waals surface area contributed by atoms with Crippen LogP contribution in [0.4, 0.5) is 11.4 Å². The van der Waals surface area contributed by atoms with Gasteiger partial charge in [-0.15, -0.1) is 0 Å². The second-order valence-corrected chi connectivity index (χ2v) is 9.56. The van der Waals surface area contributed by atoms with Crippen molar-refractivity contribution in [1.82, 2.24) is 9.55 Å². The normalized spacial score (nSPS) is 18.1. The second-order valence-electron chi connectivity index (χ2n) is 8.62. The largest absolute Gasteiger partial charge is 0.376 e. The van der Waals surface area contributed by atoms with Gasteiger partial charge >= 0.3 is 0 Å². The van der Waals surface area contributed by atoms with Gasteiger partial charge in [0.05, 0.1) is 30.3 Å². The zero-order chi connectivity index (χ0) is 22.5. The number of thioether (sulfide) groups is 1. The number of nitrogens with zero attached hydrogens (tertiary/aromatic N) is 3. The molecular weight excluding hydrogens is 432 g/mol. The molecule has 0 bridgehead atoms. The van der Waals surface area contributed by atoms with Crippen molar-refractivity contribution in [3.8, 4) is 11.3 Å². The molecule has 1 amide bonds. The van der Waals surface area contributed by atoms with Gasteiger partial charge in [0.15, 0.2) is 5.16 Å². The molecule has 7 heteroatoms. The Morgan fingerprint density at radius 2 is 1.85 bits per heavy atom. The molecule has 0 radical (unpaired) electrons. The summed E-state index contributed by atoms with van der Waals surface area (Å²) in [6.45, 7) is 3.81. The standard InChI is InChI=1S/C26H30N4O2S/c31-25(28-21-10-12-22(13-11-21)29-14-4-5-15-29)19-33-26-27-17-24(20-7-2-1-3-8-20)30(26)18-23-9-6-16-32-23/h1-3,7-8,10-13,17,23H,4-6,9,14-16,18-19H2,(H,28,31). The summed E-state index contributed by atoms with van der Waals surface area (Å²) < 4.78 is 8.09. The molecule has 2 saturated heterocycles. The van der Waals surface area contributed by atoms with Gasteiger partial charge in [0.25, 0.3) is 0 Å². The van der Waals surface area contributed by atoms with Crippen molar-refractivity contribution >= 4 is 29.0 Å². The first kappa shape index (κ1) is 22.0. The van der Waals surface area contributed by atoms with Gasteiger partial charge in [0.2, 0.25) is 5.91 Å². The predicted octanol–water partition coefficient (Wildman–Crippen LogP) is 5.06. The first-order chi connectivity index (χ1) is 16.3. The molecule has 2 aliphatic rings. The average molecular weight is 463 g/mol. The van der Waals surface area contributed by atoms with Crippen LogP contribution in [0.5, 0.6) is 0 Å². The third-order valence-electron chi connectivity index (χ3n) is 6.25. The summed E-state index contributed by atoms with van der Waals surface area (Å²) in [5.74, 6) is 0.284. The number of hydrogen-bond donors (Lipinski definition) is 1. The second kappa shape index (κ2) is 10.4. The van der Waals surface area contributed by atoms with E-state index in [2.05, 4.69) is 44.0 Å². The van der Waals surface area contributed by atoms with Crippen molar-refractivity contribution in [2.24, 2.45) is 0 Å². The Bertz CT molecular complexity index is 1060. The van der Waals surface area contributed by atoms with Gasteiger partial charge in [-0.25, -0.2) is 4.98 Å². The number of rotatable bonds is 8. The third kappa shape index (κ3) is 5.42. The molecule has 2 aliphatic heterocycles. The maximum Gasteiger partial charge on any atom is 0.234 e. The van der Waals surface area contributed by atoms with Crippen LogP contribution in [0.3, 0.4) is 0 Å². The van der Waals surface area contributed by atoms with Gasteiger partial charge in [0.1, 0.15) is 0 Å². The highest BCUT2D eigenvalue weighted by atomic mass is 32.2. The summed E-state index contributed by atoms with van der Waals surface area (Å²) in [5, 5.41) is 3.87. The smallest absolute Gasteiger partial charge is 0.234 e. The van der Waals surface area contributed by atoms with Gasteiger partial charge < -0.3 is 19.5 Å². The van der Waals surface area contributed by atoms with Gasteiger partial charge in [-0.1, -0.05) is 42.1 Å². The Labute approximate surface area is 199 Å². The molecule has 2 aromatic carbocycles. The number of anilines is 2. The Hall–Kier alpha value is -2.77. The number of imidazole rings is 1. The number of benzene rings is 2. The third-order valence-corrected chi connectivity index (χ3v) is 7.24. The molecule has 3 heterocycles. The van der Waals surface area contributed by atoms with Gasteiger partial charge in [-0.05, 0) is 55.5 Å². The van der Waals surface area contributed by atoms with Crippen molar-refractivity contribution in [2.45, 2.75) is 43.5 Å². The molecule has 3 aromatic rings. The van der Waals surface area contributed by atoms with Gasteiger partial charge in [0, 0.05) is 31.1 Å². The van der Waals surface area contributed by atoms with E-state index < -0.39 is 0 Å². The summed E-state index contributed by atoms with van der Waals surface area (Å²) in [6.07, 6.45) is 6.77. The molecule has 0 saturated carbocycles. The first-order valence-electron chi connectivity index (χ1n) is 11.8. The Morgan fingerprint density at radius 1 is 1.06 bits per heavy atom. The lowest BCUT2D eigenvalue weighted by Crippen LogP contribution is -2.18. The van der Waals surface area contributed by atoms with E-state index in [9.17, 15) is 4.79 Å². The van der Waals surface area contributed by atoms with E-state index in [1.54, 1.807) is 0 Å². The average Bonchev–Trinajstić information content (AvgIpc) is 3.62. The summed E-state index contributed by atoms with van der Waals surface area (Å²) in [7, 11) is 0. The van der Waals surface area contributed by atoms with E-state index in [0.29, 0.717) is 5.75 Å². The summed E-state index contributed by atoms with van der Waals surface area (Å²) >= 11 is 1.47. The number of amides is 1. The molecule has 1 N–H and O–H groups in total. The maximum atomic E-state index is 12.7. The molecule has 1 aromatic heterocycles. The lowest BCUT2D eigenvalue weighted by molar-refractivity contribution is -0.113. The van der Waals surface area contributed by atoms with Crippen LogP contribution in [-0.2, 0) is 16.1 Å². The molecular formula is C26H30N4O2S. The molecule has 0 aliphatic carbocycles. The minimum absolute atomic E-state index is 0.0261. The molecule has 1 unspecified atom stereocenters. The fraction of sp³-hybridized carbons (Fsp3) is 0.385. The van der Waals surface area contributed by atoms with E-state index in [1.807, 2.05) is 36.5 Å². The highest BCUT2D eigenvalue weighted by Gasteiger charge is 2.21. The molecule has 33 heavy (non-hydrogen) atoms. The van der Waals surface area contributed by atoms with Crippen LogP contribution in [-0.4, -0.2) is 47.0 Å². The number of nitrogens with one attached hydrogen (secondary N) is 1. The fourth-order valence-electron chi connectivity index (χ4n) is 4.54. The van der Waals surface area contributed by atoms with E-state index >= 15 is 0 Å². The van der Waals surface area contributed by atoms with Crippen LogP contribution in [0.2, 0.25) is 0 Å². The van der Waals surface area contributed by atoms with Gasteiger partial charge in [-0.3, -0.25) is 4.79 Å². The van der Waals surface area contributed by atoms with Crippen molar-refractivity contribution in [2.75, 3.05) is 35.7 Å². The number of aromatic nitrogens is 2. The highest BCUT2D eigenvalue weighted by Crippen LogP contribution is 2.28. The lowest BCUT2D eigenvalue weighted by Gasteiger charge is -2.18. The van der Waals surface area contributed by atoms with Crippen LogP contribution in [0.25, 0.3) is 11.3 Å². The van der Waals surface area contributed by atoms with Crippen molar-refractivity contribution < 1.29 is 9.53 Å². The van der Waals surface area contributed by atoms with Crippen molar-refractivity contribution in [3.63, 3.8) is 0 Å². The van der Waals surface area contributed by atoms with Crippen LogP contribution in [0, 0.1) is 0 Å². The number of carbonyl (C=O) groups excluding carboxylic acids is 1. The zero-order valence-electron chi connectivity index (χ0n) is 18.8. The fourth-order valence-corrected chi connectivity index (χ4v) is 5.33. The van der Waals surface area contributed by atoms with E-state index in [1.165, 1.54) is 30.3 Å². The topological polar surface area (TPSA) is 59.4 Å². The SMILES string of the molecule is O=C(CSc1ncc(-c2ccccc2)n1CC1CCCO1)Nc1ccc(N2CCCC2)cc1. The lowest BCUT2D eigenvalue weighted by atomic mass is 10.1. The molecule has 172 valence electrons. The molecule has 0 spiro atoms. The van der Waals surface area contributed by atoms with E-state index in [-0.39, 0.29) is 12.0 Å². The summed E-state index contributed by atoms with van der Waals surface area (Å²) in [5.41, 5.74) is 4.24. The minimum Gasteiger partial charge on any atom is -0.376 e.